The Morgan fingerprint density at radius 1 is 0.953 bits per heavy atom. The maximum atomic E-state index is 14.7. The molecule has 5 aromatic heterocycles. The highest BCUT2D eigenvalue weighted by Gasteiger charge is 2.18. The first-order valence-electron chi connectivity index (χ1n) is 14.6. The maximum Gasteiger partial charge on any atom is 0.159 e. The van der Waals surface area contributed by atoms with Gasteiger partial charge in [0.15, 0.2) is 5.82 Å². The fourth-order valence-electron chi connectivity index (χ4n) is 5.61. The second-order valence-electron chi connectivity index (χ2n) is 10.8. The zero-order valence-corrected chi connectivity index (χ0v) is 23.9. The number of fused-ring (bicyclic) bond motifs is 2. The van der Waals surface area contributed by atoms with Gasteiger partial charge in [0.1, 0.15) is 23.9 Å². The minimum atomic E-state index is -0.371. The van der Waals surface area contributed by atoms with E-state index in [1.165, 1.54) is 25.0 Å². The Bertz CT molecular complexity index is 1890. The highest BCUT2D eigenvalue weighted by molar-refractivity contribution is 5.97. The first-order valence-corrected chi connectivity index (χ1v) is 14.6. The second kappa shape index (κ2) is 11.9. The van der Waals surface area contributed by atoms with Gasteiger partial charge in [0.25, 0.3) is 0 Å². The van der Waals surface area contributed by atoms with Crippen LogP contribution in [0, 0.1) is 5.82 Å². The summed E-state index contributed by atoms with van der Waals surface area (Å²) in [6.45, 7) is 7.23. The Kier molecular flexibility index (Phi) is 7.48. The number of H-pyrrole nitrogens is 2. The molecule has 218 valence electrons. The lowest BCUT2D eigenvalue weighted by Gasteiger charge is -2.15. The van der Waals surface area contributed by atoms with Gasteiger partial charge in [-0.15, -0.1) is 0 Å². The molecular formula is C32H32FN9O. The molecule has 3 N–H and O–H groups in total. The quantitative estimate of drug-likeness (QED) is 0.199. The van der Waals surface area contributed by atoms with E-state index in [1.54, 1.807) is 18.6 Å². The summed E-state index contributed by atoms with van der Waals surface area (Å²) >= 11 is 0. The lowest BCUT2D eigenvalue weighted by Crippen LogP contribution is -2.25. The van der Waals surface area contributed by atoms with Crippen LogP contribution in [-0.4, -0.2) is 72.8 Å². The molecule has 11 heteroatoms. The zero-order valence-electron chi connectivity index (χ0n) is 23.9. The molecule has 7 rings (SSSR count). The van der Waals surface area contributed by atoms with Crippen molar-refractivity contribution in [3.05, 3.63) is 72.7 Å². The Morgan fingerprint density at radius 2 is 1.84 bits per heavy atom. The van der Waals surface area contributed by atoms with E-state index in [2.05, 4.69) is 53.3 Å². The van der Waals surface area contributed by atoms with Gasteiger partial charge in [-0.3, -0.25) is 25.0 Å². The number of hydrogen-bond acceptors (Lipinski definition) is 8. The third-order valence-electron chi connectivity index (χ3n) is 7.79. The molecule has 1 aliphatic rings. The summed E-state index contributed by atoms with van der Waals surface area (Å²) < 4.78 is 20.7. The molecule has 0 bridgehead atoms. The summed E-state index contributed by atoms with van der Waals surface area (Å²) in [5.74, 6) is 0.693. The van der Waals surface area contributed by atoms with Crippen LogP contribution in [0.4, 0.5) is 4.39 Å². The number of nitrogens with zero attached hydrogens (tertiary/aromatic N) is 6. The molecule has 0 aliphatic carbocycles. The molecule has 1 aromatic carbocycles. The summed E-state index contributed by atoms with van der Waals surface area (Å²) in [5, 5.41) is 11.8. The Balaban J connectivity index is 1.20. The SMILES string of the molecule is CCNCc1cncc(-c2cc3c(-c4nc5c(-c6cc(F)cc(OCCN7CCCC7)c6)cncc5[nH]4)n[nH]c3cn2)c1. The number of aromatic amines is 2. The molecule has 0 spiro atoms. The number of rotatable bonds is 10. The molecule has 6 aromatic rings. The van der Waals surface area contributed by atoms with Crippen LogP contribution in [0.5, 0.6) is 5.75 Å². The van der Waals surface area contributed by atoms with Crippen molar-refractivity contribution in [1.29, 1.82) is 0 Å². The molecule has 0 amide bonds. The van der Waals surface area contributed by atoms with E-state index in [9.17, 15) is 4.39 Å². The summed E-state index contributed by atoms with van der Waals surface area (Å²) in [4.78, 5) is 24.1. The van der Waals surface area contributed by atoms with Crippen molar-refractivity contribution in [3.63, 3.8) is 0 Å². The molecule has 0 atom stereocenters. The van der Waals surface area contributed by atoms with E-state index >= 15 is 0 Å². The van der Waals surface area contributed by atoms with Gasteiger partial charge < -0.3 is 15.0 Å². The van der Waals surface area contributed by atoms with Gasteiger partial charge in [-0.2, -0.15) is 5.10 Å². The van der Waals surface area contributed by atoms with Gasteiger partial charge in [-0.1, -0.05) is 6.92 Å². The lowest BCUT2D eigenvalue weighted by molar-refractivity contribution is 0.237. The molecule has 0 radical (unpaired) electrons. The Hall–Kier alpha value is -4.74. The first-order chi connectivity index (χ1) is 21.1. The molecule has 0 saturated carbocycles. The number of aromatic nitrogens is 7. The van der Waals surface area contributed by atoms with Crippen LogP contribution in [0.15, 0.2) is 61.3 Å². The predicted molar refractivity (Wildman–Crippen MR) is 164 cm³/mol. The first kappa shape index (κ1) is 27.1. The minimum absolute atomic E-state index is 0.371. The van der Waals surface area contributed by atoms with Gasteiger partial charge in [0, 0.05) is 54.3 Å². The standard InChI is InChI=1S/C32H32FN9O/c1-2-34-14-20-9-22(16-35-15-20)27-13-25-28(19-37-27)40-41-31(25)32-38-29-18-36-17-26(30(29)39-32)21-10-23(33)12-24(11-21)43-8-7-42-5-3-4-6-42/h9-13,15-19,34H,2-8,14H2,1H3,(H,38,39)(H,40,41). The highest BCUT2D eigenvalue weighted by Crippen LogP contribution is 2.33. The molecular weight excluding hydrogens is 545 g/mol. The molecule has 6 heterocycles. The van der Waals surface area contributed by atoms with Crippen molar-refractivity contribution in [3.8, 4) is 39.7 Å². The van der Waals surface area contributed by atoms with Crippen molar-refractivity contribution < 1.29 is 9.13 Å². The molecule has 0 unspecified atom stereocenters. The fourth-order valence-corrected chi connectivity index (χ4v) is 5.61. The number of likely N-dealkylation sites (tertiary alicyclic amines) is 1. The van der Waals surface area contributed by atoms with Gasteiger partial charge in [0.2, 0.25) is 0 Å². The van der Waals surface area contributed by atoms with Crippen molar-refractivity contribution in [2.75, 3.05) is 32.8 Å². The van der Waals surface area contributed by atoms with Crippen LogP contribution in [0.3, 0.4) is 0 Å². The Labute approximate surface area is 247 Å². The van der Waals surface area contributed by atoms with E-state index in [-0.39, 0.29) is 5.82 Å². The maximum absolute atomic E-state index is 14.7. The second-order valence-corrected chi connectivity index (χ2v) is 10.8. The van der Waals surface area contributed by atoms with Crippen molar-refractivity contribution in [2.24, 2.45) is 0 Å². The van der Waals surface area contributed by atoms with Crippen molar-refractivity contribution >= 4 is 21.9 Å². The average molecular weight is 578 g/mol. The monoisotopic (exact) mass is 577 g/mol. The number of imidazole rings is 1. The summed E-state index contributed by atoms with van der Waals surface area (Å²) in [6, 6.07) is 8.83. The zero-order chi connectivity index (χ0) is 29.2. The summed E-state index contributed by atoms with van der Waals surface area (Å²) in [6.07, 6.45) is 11.3. The lowest BCUT2D eigenvalue weighted by atomic mass is 10.1. The summed E-state index contributed by atoms with van der Waals surface area (Å²) in [7, 11) is 0. The summed E-state index contributed by atoms with van der Waals surface area (Å²) in [5.41, 5.74) is 6.98. The van der Waals surface area contributed by atoms with Gasteiger partial charge in [-0.05, 0) is 67.9 Å². The van der Waals surface area contributed by atoms with E-state index in [0.717, 1.165) is 66.0 Å². The largest absolute Gasteiger partial charge is 0.492 e. The number of pyridine rings is 3. The van der Waals surface area contributed by atoms with Crippen molar-refractivity contribution in [1.82, 2.24) is 45.3 Å². The smallest absolute Gasteiger partial charge is 0.159 e. The van der Waals surface area contributed by atoms with Gasteiger partial charge >= 0.3 is 0 Å². The van der Waals surface area contributed by atoms with Crippen LogP contribution in [0.25, 0.3) is 55.8 Å². The molecule has 43 heavy (non-hydrogen) atoms. The normalized spacial score (nSPS) is 13.8. The van der Waals surface area contributed by atoms with E-state index in [0.29, 0.717) is 40.5 Å². The van der Waals surface area contributed by atoms with E-state index in [1.807, 2.05) is 24.5 Å². The van der Waals surface area contributed by atoms with E-state index < -0.39 is 0 Å². The number of halogens is 1. The fraction of sp³-hybridized carbons (Fsp3) is 0.281. The highest BCUT2D eigenvalue weighted by atomic mass is 19.1. The van der Waals surface area contributed by atoms with Gasteiger partial charge in [0.05, 0.1) is 34.6 Å². The van der Waals surface area contributed by atoms with Crippen LogP contribution in [0.1, 0.15) is 25.3 Å². The van der Waals surface area contributed by atoms with Gasteiger partial charge in [-0.25, -0.2) is 9.37 Å². The number of hydrogen-bond donors (Lipinski definition) is 3. The molecule has 1 aliphatic heterocycles. The number of ether oxygens (including phenoxy) is 1. The molecule has 1 saturated heterocycles. The number of nitrogens with one attached hydrogen (secondary N) is 3. The van der Waals surface area contributed by atoms with Crippen LogP contribution in [-0.2, 0) is 6.54 Å². The van der Waals surface area contributed by atoms with Crippen LogP contribution >= 0.6 is 0 Å². The average Bonchev–Trinajstić information content (AvgIpc) is 3.79. The third kappa shape index (κ3) is 5.69. The Morgan fingerprint density at radius 3 is 2.72 bits per heavy atom. The van der Waals surface area contributed by atoms with Crippen LogP contribution < -0.4 is 10.1 Å². The molecule has 10 nitrogen and oxygen atoms in total. The van der Waals surface area contributed by atoms with Crippen molar-refractivity contribution in [2.45, 2.75) is 26.3 Å². The topological polar surface area (TPSA) is 121 Å². The number of benzene rings is 1. The van der Waals surface area contributed by atoms with E-state index in [4.69, 9.17) is 9.72 Å². The minimum Gasteiger partial charge on any atom is -0.492 e. The van der Waals surface area contributed by atoms with Crippen LogP contribution in [0.2, 0.25) is 0 Å². The molecule has 1 fully saturated rings. The third-order valence-corrected chi connectivity index (χ3v) is 7.79. The predicted octanol–water partition coefficient (Wildman–Crippen LogP) is 5.35.